The van der Waals surface area contributed by atoms with Crippen molar-refractivity contribution in [3.05, 3.63) is 70.7 Å². The molecule has 3 aromatic heterocycles. The summed E-state index contributed by atoms with van der Waals surface area (Å²) in [5.41, 5.74) is 5.40. The van der Waals surface area contributed by atoms with E-state index in [1.165, 1.54) is 11.3 Å². The summed E-state index contributed by atoms with van der Waals surface area (Å²) in [5, 5.41) is 10.4. The van der Waals surface area contributed by atoms with Gasteiger partial charge in [-0.3, -0.25) is 20.0 Å². The van der Waals surface area contributed by atoms with Gasteiger partial charge in [-0.25, -0.2) is 4.52 Å². The number of methoxy groups -OCH3 is 1. The van der Waals surface area contributed by atoms with Gasteiger partial charge in [-0.1, -0.05) is 25.1 Å². The quantitative estimate of drug-likeness (QED) is 0.391. The van der Waals surface area contributed by atoms with Crippen molar-refractivity contribution in [1.82, 2.24) is 24.5 Å². The number of fused-ring (bicyclic) bond motifs is 3. The van der Waals surface area contributed by atoms with E-state index in [0.717, 1.165) is 58.7 Å². The topological polar surface area (TPSA) is 84.7 Å². The number of anilines is 1. The van der Waals surface area contributed by atoms with Gasteiger partial charge in [0.2, 0.25) is 4.96 Å². The standard InChI is InChI=1S/C26H24N6O2S/c1-3-31-13-12-21-19(14-31)23(18-6-4-5-7-20(18)27-21)24(33)28-25-29-26-32(30-25)22(15-35-26)16-8-10-17(34-2)11-9-16/h4-11,15H,3,12-14H2,1-2H3,(H,28,30,33). The van der Waals surface area contributed by atoms with Gasteiger partial charge >= 0.3 is 0 Å². The molecule has 8 nitrogen and oxygen atoms in total. The lowest BCUT2D eigenvalue weighted by Gasteiger charge is -2.29. The van der Waals surface area contributed by atoms with E-state index in [-0.39, 0.29) is 11.9 Å². The van der Waals surface area contributed by atoms with E-state index in [2.05, 4.69) is 27.2 Å². The number of hydrogen-bond donors (Lipinski definition) is 1. The smallest absolute Gasteiger partial charge is 0.259 e. The van der Waals surface area contributed by atoms with E-state index in [4.69, 9.17) is 9.72 Å². The number of thiazole rings is 1. The maximum Gasteiger partial charge on any atom is 0.259 e. The molecule has 35 heavy (non-hydrogen) atoms. The molecule has 0 bridgehead atoms. The van der Waals surface area contributed by atoms with Gasteiger partial charge < -0.3 is 4.74 Å². The molecule has 176 valence electrons. The lowest BCUT2D eigenvalue weighted by atomic mass is 9.95. The van der Waals surface area contributed by atoms with Gasteiger partial charge in [0, 0.05) is 47.1 Å². The van der Waals surface area contributed by atoms with Crippen LogP contribution in [-0.2, 0) is 13.0 Å². The highest BCUT2D eigenvalue weighted by Crippen LogP contribution is 2.30. The molecule has 1 aliphatic heterocycles. The van der Waals surface area contributed by atoms with Gasteiger partial charge in [-0.2, -0.15) is 4.98 Å². The van der Waals surface area contributed by atoms with Crippen molar-refractivity contribution in [3.8, 4) is 17.0 Å². The zero-order valence-corrected chi connectivity index (χ0v) is 20.3. The maximum atomic E-state index is 13.7. The fraction of sp³-hybridized carbons (Fsp3) is 0.231. The second-order valence-corrected chi connectivity index (χ2v) is 9.32. The first kappa shape index (κ1) is 21.7. The molecular formula is C26H24N6O2S. The Labute approximate surface area is 206 Å². The largest absolute Gasteiger partial charge is 0.497 e. The van der Waals surface area contributed by atoms with Crippen LogP contribution in [-0.4, -0.2) is 50.6 Å². The fourth-order valence-corrected chi connectivity index (χ4v) is 5.47. The highest BCUT2D eigenvalue weighted by Gasteiger charge is 2.26. The summed E-state index contributed by atoms with van der Waals surface area (Å²) in [7, 11) is 1.65. The average molecular weight is 485 g/mol. The number of nitrogens with zero attached hydrogens (tertiary/aromatic N) is 5. The van der Waals surface area contributed by atoms with Gasteiger partial charge in [0.25, 0.3) is 11.9 Å². The van der Waals surface area contributed by atoms with Crippen LogP contribution in [0.15, 0.2) is 53.9 Å². The minimum absolute atomic E-state index is 0.206. The molecule has 0 atom stereocenters. The molecule has 0 unspecified atom stereocenters. The Morgan fingerprint density at radius 3 is 2.77 bits per heavy atom. The predicted octanol–water partition coefficient (Wildman–Crippen LogP) is 4.64. The van der Waals surface area contributed by atoms with Crippen LogP contribution in [0.4, 0.5) is 5.95 Å². The fourth-order valence-electron chi connectivity index (χ4n) is 4.63. The molecule has 0 saturated carbocycles. The Morgan fingerprint density at radius 1 is 1.14 bits per heavy atom. The molecule has 2 aromatic carbocycles. The summed E-state index contributed by atoms with van der Waals surface area (Å²) in [6.45, 7) is 4.73. The number of para-hydroxylation sites is 1. The molecule has 9 heteroatoms. The minimum atomic E-state index is -0.206. The summed E-state index contributed by atoms with van der Waals surface area (Å²) in [5.74, 6) is 0.873. The molecular weight excluding hydrogens is 460 g/mol. The first-order valence-electron chi connectivity index (χ1n) is 11.6. The Bertz CT molecular complexity index is 1560. The number of carbonyl (C=O) groups is 1. The molecule has 0 saturated heterocycles. The first-order valence-corrected chi connectivity index (χ1v) is 12.5. The van der Waals surface area contributed by atoms with Crippen LogP contribution >= 0.6 is 11.3 Å². The molecule has 0 spiro atoms. The van der Waals surface area contributed by atoms with Crippen molar-refractivity contribution >= 4 is 39.1 Å². The van der Waals surface area contributed by atoms with Gasteiger partial charge in [0.05, 0.1) is 23.9 Å². The first-order chi connectivity index (χ1) is 17.1. The molecule has 1 aliphatic rings. The van der Waals surface area contributed by atoms with E-state index < -0.39 is 0 Å². The number of ether oxygens (including phenoxy) is 1. The number of pyridine rings is 1. The molecule has 0 radical (unpaired) electrons. The Hall–Kier alpha value is -3.82. The lowest BCUT2D eigenvalue weighted by Crippen LogP contribution is -2.33. The van der Waals surface area contributed by atoms with Crippen LogP contribution < -0.4 is 10.1 Å². The molecule has 1 amide bonds. The van der Waals surface area contributed by atoms with Crippen molar-refractivity contribution in [3.63, 3.8) is 0 Å². The monoisotopic (exact) mass is 484 g/mol. The third-order valence-corrected chi connectivity index (χ3v) is 7.31. The summed E-state index contributed by atoms with van der Waals surface area (Å²) in [6.07, 6.45) is 0.831. The van der Waals surface area contributed by atoms with E-state index in [0.29, 0.717) is 17.1 Å². The average Bonchev–Trinajstić information content (AvgIpc) is 3.47. The third kappa shape index (κ3) is 3.82. The molecule has 4 heterocycles. The van der Waals surface area contributed by atoms with Crippen molar-refractivity contribution < 1.29 is 9.53 Å². The maximum absolute atomic E-state index is 13.7. The number of amides is 1. The van der Waals surface area contributed by atoms with Crippen LogP contribution in [0, 0.1) is 0 Å². The van der Waals surface area contributed by atoms with Crippen molar-refractivity contribution in [2.45, 2.75) is 19.9 Å². The van der Waals surface area contributed by atoms with E-state index >= 15 is 0 Å². The second-order valence-electron chi connectivity index (χ2n) is 8.48. The number of benzene rings is 2. The van der Waals surface area contributed by atoms with E-state index in [1.54, 1.807) is 11.6 Å². The zero-order chi connectivity index (χ0) is 23.9. The van der Waals surface area contributed by atoms with Crippen molar-refractivity contribution in [2.75, 3.05) is 25.5 Å². The van der Waals surface area contributed by atoms with Gasteiger partial charge in [0.1, 0.15) is 5.75 Å². The molecule has 0 aliphatic carbocycles. The van der Waals surface area contributed by atoms with E-state index in [9.17, 15) is 4.79 Å². The second kappa shape index (κ2) is 8.75. The molecule has 0 fully saturated rings. The number of rotatable bonds is 5. The van der Waals surface area contributed by atoms with Gasteiger partial charge in [0.15, 0.2) is 0 Å². The highest BCUT2D eigenvalue weighted by atomic mass is 32.1. The third-order valence-electron chi connectivity index (χ3n) is 6.49. The lowest BCUT2D eigenvalue weighted by molar-refractivity contribution is 0.102. The number of likely N-dealkylation sites (N-methyl/N-ethyl adjacent to an activating group) is 1. The number of nitrogens with one attached hydrogen (secondary N) is 1. The van der Waals surface area contributed by atoms with E-state index in [1.807, 2.05) is 53.9 Å². The number of aromatic nitrogens is 4. The summed E-state index contributed by atoms with van der Waals surface area (Å²) in [6, 6.07) is 15.6. The highest BCUT2D eigenvalue weighted by molar-refractivity contribution is 7.15. The van der Waals surface area contributed by atoms with Gasteiger partial charge in [-0.05, 0) is 36.9 Å². The van der Waals surface area contributed by atoms with Crippen molar-refractivity contribution in [1.29, 1.82) is 0 Å². The van der Waals surface area contributed by atoms with Crippen LogP contribution in [0.25, 0.3) is 27.1 Å². The Balaban J connectivity index is 1.37. The van der Waals surface area contributed by atoms with Crippen LogP contribution in [0.3, 0.4) is 0 Å². The van der Waals surface area contributed by atoms with Gasteiger partial charge in [-0.15, -0.1) is 16.4 Å². The minimum Gasteiger partial charge on any atom is -0.497 e. The Morgan fingerprint density at radius 2 is 1.97 bits per heavy atom. The SMILES string of the molecule is CCN1CCc2nc3ccccc3c(C(=O)Nc3nc4scc(-c5ccc(OC)cc5)n4n3)c2C1. The summed E-state index contributed by atoms with van der Waals surface area (Å²) in [4.78, 5) is 26.1. The van der Waals surface area contributed by atoms with Crippen LogP contribution in [0.2, 0.25) is 0 Å². The number of carbonyl (C=O) groups excluding carboxylic acids is 1. The summed E-state index contributed by atoms with van der Waals surface area (Å²) >= 11 is 1.48. The molecule has 6 rings (SSSR count). The predicted molar refractivity (Wildman–Crippen MR) is 137 cm³/mol. The van der Waals surface area contributed by atoms with Crippen molar-refractivity contribution in [2.24, 2.45) is 0 Å². The normalized spacial score (nSPS) is 13.8. The summed E-state index contributed by atoms with van der Waals surface area (Å²) < 4.78 is 7.03. The van der Waals surface area contributed by atoms with Crippen LogP contribution in [0.1, 0.15) is 28.5 Å². The number of hydrogen-bond acceptors (Lipinski definition) is 7. The van der Waals surface area contributed by atoms with Crippen LogP contribution in [0.5, 0.6) is 5.75 Å². The molecule has 5 aromatic rings. The Kier molecular flexibility index (Phi) is 5.43. The molecule has 1 N–H and O–H groups in total. The zero-order valence-electron chi connectivity index (χ0n) is 19.5.